The molecule has 5 heteroatoms. The van der Waals surface area contributed by atoms with E-state index in [1.807, 2.05) is 19.9 Å². The van der Waals surface area contributed by atoms with Gasteiger partial charge in [0.2, 0.25) is 5.91 Å². The van der Waals surface area contributed by atoms with Crippen LogP contribution >= 0.6 is 0 Å². The topological polar surface area (TPSA) is 42.0 Å². The van der Waals surface area contributed by atoms with Gasteiger partial charge in [-0.25, -0.2) is 0 Å². The molecule has 1 aromatic rings. The number of methoxy groups -OCH3 is 1. The Kier molecular flexibility index (Phi) is 6.64. The highest BCUT2D eigenvalue weighted by molar-refractivity contribution is 5.73. The molecule has 2 fully saturated rings. The maximum absolute atomic E-state index is 12.2. The van der Waals surface area contributed by atoms with Gasteiger partial charge in [0.1, 0.15) is 0 Å². The van der Waals surface area contributed by atoms with Crippen LogP contribution in [0, 0.1) is 0 Å². The number of ether oxygens (including phenoxy) is 2. The second-order valence-electron chi connectivity index (χ2n) is 8.11. The third-order valence-corrected chi connectivity index (χ3v) is 5.81. The number of fused-ring (bicyclic) bond motifs is 1. The summed E-state index contributed by atoms with van der Waals surface area (Å²) in [6, 6.07) is 7.07. The predicted octanol–water partition coefficient (Wildman–Crippen LogP) is 3.85. The zero-order chi connectivity index (χ0) is 19.4. The van der Waals surface area contributed by atoms with E-state index in [0.29, 0.717) is 12.1 Å². The monoisotopic (exact) mass is 374 g/mol. The van der Waals surface area contributed by atoms with Gasteiger partial charge in [0.05, 0.1) is 13.2 Å². The van der Waals surface area contributed by atoms with E-state index in [-0.39, 0.29) is 12.0 Å². The van der Waals surface area contributed by atoms with Crippen LogP contribution in [0.15, 0.2) is 18.2 Å². The molecule has 27 heavy (non-hydrogen) atoms. The fourth-order valence-electron chi connectivity index (χ4n) is 4.60. The van der Waals surface area contributed by atoms with E-state index in [1.165, 1.54) is 24.8 Å². The van der Waals surface area contributed by atoms with Crippen LogP contribution in [0.25, 0.3) is 0 Å². The van der Waals surface area contributed by atoms with E-state index in [1.54, 1.807) is 14.0 Å². The van der Waals surface area contributed by atoms with Gasteiger partial charge >= 0.3 is 0 Å². The van der Waals surface area contributed by atoms with Crippen molar-refractivity contribution in [1.82, 2.24) is 9.80 Å². The van der Waals surface area contributed by atoms with Crippen molar-refractivity contribution >= 4 is 5.91 Å². The zero-order valence-electron chi connectivity index (χ0n) is 17.2. The number of carbonyl (C=O) groups excluding carboxylic acids is 1. The Morgan fingerprint density at radius 1 is 1.11 bits per heavy atom. The van der Waals surface area contributed by atoms with Gasteiger partial charge in [-0.05, 0) is 50.8 Å². The molecule has 0 spiro atoms. The number of hydrogen-bond acceptors (Lipinski definition) is 4. The summed E-state index contributed by atoms with van der Waals surface area (Å²) in [6.07, 6.45) is 5.98. The molecule has 2 saturated heterocycles. The molecule has 0 bridgehead atoms. The standard InChI is InChI=1S/C22H34N2O3/c1-16(2)27-22-14-18(9-10-21(22)26-4)15-23-13-11-20-19(23)8-6-5-7-12-24(20)17(3)25/h9-10,14,16,19-20H,5-8,11-13,15H2,1-4H3/t19-,20+/m1/s1. The molecule has 150 valence electrons. The highest BCUT2D eigenvalue weighted by Crippen LogP contribution is 2.33. The molecule has 5 nitrogen and oxygen atoms in total. The summed E-state index contributed by atoms with van der Waals surface area (Å²) in [4.78, 5) is 16.9. The molecule has 0 aromatic heterocycles. The predicted molar refractivity (Wildman–Crippen MR) is 107 cm³/mol. The highest BCUT2D eigenvalue weighted by Gasteiger charge is 2.38. The third kappa shape index (κ3) is 4.75. The van der Waals surface area contributed by atoms with Gasteiger partial charge in [0.25, 0.3) is 0 Å². The van der Waals surface area contributed by atoms with Crippen LogP contribution in [0.4, 0.5) is 0 Å². The minimum Gasteiger partial charge on any atom is -0.493 e. The lowest BCUT2D eigenvalue weighted by atomic mass is 9.97. The molecule has 3 rings (SSSR count). The molecular formula is C22H34N2O3. The van der Waals surface area contributed by atoms with Crippen LogP contribution in [-0.4, -0.2) is 54.1 Å². The van der Waals surface area contributed by atoms with Crippen LogP contribution in [-0.2, 0) is 11.3 Å². The highest BCUT2D eigenvalue weighted by atomic mass is 16.5. The molecule has 0 aliphatic carbocycles. The lowest BCUT2D eigenvalue weighted by Crippen LogP contribution is -2.48. The molecule has 2 heterocycles. The quantitative estimate of drug-likeness (QED) is 0.785. The maximum Gasteiger partial charge on any atom is 0.219 e. The second kappa shape index (κ2) is 8.96. The summed E-state index contributed by atoms with van der Waals surface area (Å²) in [5, 5.41) is 0. The van der Waals surface area contributed by atoms with Crippen molar-refractivity contribution in [3.8, 4) is 11.5 Å². The Bertz CT molecular complexity index is 646. The number of benzene rings is 1. The fraction of sp³-hybridized carbons (Fsp3) is 0.682. The number of hydrogen-bond donors (Lipinski definition) is 0. The van der Waals surface area contributed by atoms with Gasteiger partial charge in [-0.1, -0.05) is 18.9 Å². The number of amides is 1. The fourth-order valence-corrected chi connectivity index (χ4v) is 4.60. The second-order valence-corrected chi connectivity index (χ2v) is 8.11. The van der Waals surface area contributed by atoms with Gasteiger partial charge in [0, 0.05) is 38.6 Å². The zero-order valence-corrected chi connectivity index (χ0v) is 17.2. The van der Waals surface area contributed by atoms with Gasteiger partial charge in [-0.3, -0.25) is 9.69 Å². The van der Waals surface area contributed by atoms with E-state index >= 15 is 0 Å². The summed E-state index contributed by atoms with van der Waals surface area (Å²) in [5.74, 6) is 1.81. The molecular weight excluding hydrogens is 340 g/mol. The average Bonchev–Trinajstić information content (AvgIpc) is 2.95. The largest absolute Gasteiger partial charge is 0.493 e. The first-order valence-electron chi connectivity index (χ1n) is 10.3. The molecule has 2 atom stereocenters. The summed E-state index contributed by atoms with van der Waals surface area (Å²) in [7, 11) is 1.68. The van der Waals surface area contributed by atoms with E-state index in [0.717, 1.165) is 44.0 Å². The Labute approximate surface area is 163 Å². The minimum absolute atomic E-state index is 0.111. The van der Waals surface area contributed by atoms with Crippen LogP contribution in [0.5, 0.6) is 11.5 Å². The minimum atomic E-state index is 0.111. The van der Waals surface area contributed by atoms with E-state index < -0.39 is 0 Å². The lowest BCUT2D eigenvalue weighted by Gasteiger charge is -2.37. The third-order valence-electron chi connectivity index (χ3n) is 5.81. The van der Waals surface area contributed by atoms with Crippen molar-refractivity contribution < 1.29 is 14.3 Å². The SMILES string of the molecule is COc1ccc(CN2CC[C@H]3[C@H]2CCCCCN3C(C)=O)cc1OC(C)C. The van der Waals surface area contributed by atoms with Gasteiger partial charge in [0.15, 0.2) is 11.5 Å². The Hall–Kier alpha value is -1.75. The summed E-state index contributed by atoms with van der Waals surface area (Å²) in [6.45, 7) is 8.64. The van der Waals surface area contributed by atoms with Gasteiger partial charge in [-0.2, -0.15) is 0 Å². The Morgan fingerprint density at radius 3 is 2.63 bits per heavy atom. The number of carbonyl (C=O) groups is 1. The first-order chi connectivity index (χ1) is 13.0. The lowest BCUT2D eigenvalue weighted by molar-refractivity contribution is -0.132. The summed E-state index contributed by atoms with van der Waals surface area (Å²) < 4.78 is 11.4. The van der Waals surface area contributed by atoms with Crippen molar-refractivity contribution in [2.24, 2.45) is 0 Å². The smallest absolute Gasteiger partial charge is 0.219 e. The van der Waals surface area contributed by atoms with Crippen molar-refractivity contribution in [1.29, 1.82) is 0 Å². The Balaban J connectivity index is 1.76. The number of likely N-dealkylation sites (tertiary alicyclic amines) is 2. The molecule has 1 aromatic carbocycles. The van der Waals surface area contributed by atoms with Crippen molar-refractivity contribution in [3.63, 3.8) is 0 Å². The average molecular weight is 375 g/mol. The van der Waals surface area contributed by atoms with Gasteiger partial charge in [-0.15, -0.1) is 0 Å². The van der Waals surface area contributed by atoms with Crippen LogP contribution < -0.4 is 9.47 Å². The normalized spacial score (nSPS) is 23.7. The van der Waals surface area contributed by atoms with E-state index in [4.69, 9.17) is 9.47 Å². The Morgan fingerprint density at radius 2 is 1.93 bits per heavy atom. The molecule has 2 aliphatic rings. The first kappa shape index (κ1) is 20.0. The first-order valence-corrected chi connectivity index (χ1v) is 10.3. The van der Waals surface area contributed by atoms with Crippen LogP contribution in [0.2, 0.25) is 0 Å². The van der Waals surface area contributed by atoms with Crippen LogP contribution in [0.1, 0.15) is 58.4 Å². The van der Waals surface area contributed by atoms with Crippen molar-refractivity contribution in [2.75, 3.05) is 20.2 Å². The summed E-state index contributed by atoms with van der Waals surface area (Å²) >= 11 is 0. The molecule has 2 aliphatic heterocycles. The number of rotatable bonds is 5. The molecule has 1 amide bonds. The van der Waals surface area contributed by atoms with Crippen LogP contribution in [0.3, 0.4) is 0 Å². The molecule has 0 saturated carbocycles. The molecule has 0 unspecified atom stereocenters. The molecule has 0 N–H and O–H groups in total. The maximum atomic E-state index is 12.2. The van der Waals surface area contributed by atoms with Crippen molar-refractivity contribution in [3.05, 3.63) is 23.8 Å². The summed E-state index contributed by atoms with van der Waals surface area (Å²) in [5.41, 5.74) is 1.24. The molecule has 0 radical (unpaired) electrons. The van der Waals surface area contributed by atoms with E-state index in [2.05, 4.69) is 21.9 Å². The van der Waals surface area contributed by atoms with Crippen molar-refractivity contribution in [2.45, 2.75) is 77.6 Å². The number of nitrogens with zero attached hydrogens (tertiary/aromatic N) is 2. The van der Waals surface area contributed by atoms with Gasteiger partial charge < -0.3 is 14.4 Å². The van der Waals surface area contributed by atoms with E-state index in [9.17, 15) is 4.79 Å².